The zero-order valence-corrected chi connectivity index (χ0v) is 6.50. The van der Waals surface area contributed by atoms with Crippen LogP contribution in [0.1, 0.15) is 5.56 Å². The predicted octanol–water partition coefficient (Wildman–Crippen LogP) is 2.27. The highest BCUT2D eigenvalue weighted by Gasteiger charge is 1.99. The molecule has 4 heteroatoms. The monoisotopic (exact) mass is 181 g/mol. The Morgan fingerprint density at radius 3 is 2.69 bits per heavy atom. The topological polar surface area (TPSA) is 29.4 Å². The van der Waals surface area contributed by atoms with Crippen molar-refractivity contribution in [2.75, 3.05) is 0 Å². The summed E-state index contributed by atoms with van der Waals surface area (Å²) in [5.74, 6) is -1.84. The van der Waals surface area contributed by atoms with Gasteiger partial charge in [0, 0.05) is 6.20 Å². The molecule has 0 spiro atoms. The van der Waals surface area contributed by atoms with Crippen molar-refractivity contribution in [3.8, 4) is 0 Å². The molecule has 0 aromatic heterocycles. The molecule has 0 heterocycles. The lowest BCUT2D eigenvalue weighted by molar-refractivity contribution is 0.508. The SMILES string of the molecule is O=C=N/C=C/c1ccc(F)c(F)c1. The average Bonchev–Trinajstić information content (AvgIpc) is 2.12. The lowest BCUT2D eigenvalue weighted by Gasteiger charge is -1.93. The molecule has 0 unspecified atom stereocenters. The number of hydrogen-bond acceptors (Lipinski definition) is 2. The Labute approximate surface area is 73.2 Å². The molecule has 1 aromatic rings. The number of rotatable bonds is 2. The third kappa shape index (κ3) is 2.61. The van der Waals surface area contributed by atoms with Crippen LogP contribution in [0.2, 0.25) is 0 Å². The summed E-state index contributed by atoms with van der Waals surface area (Å²) in [5, 5.41) is 0. The van der Waals surface area contributed by atoms with E-state index in [1.54, 1.807) is 0 Å². The van der Waals surface area contributed by atoms with Crippen molar-refractivity contribution >= 4 is 12.2 Å². The van der Waals surface area contributed by atoms with Crippen molar-refractivity contribution in [1.29, 1.82) is 0 Å². The Morgan fingerprint density at radius 1 is 1.31 bits per heavy atom. The summed E-state index contributed by atoms with van der Waals surface area (Å²) < 4.78 is 25.0. The molecule has 0 aliphatic rings. The van der Waals surface area contributed by atoms with Crippen molar-refractivity contribution < 1.29 is 13.6 Å². The third-order valence-electron chi connectivity index (χ3n) is 1.34. The second kappa shape index (κ2) is 4.28. The van der Waals surface area contributed by atoms with Crippen LogP contribution in [0.3, 0.4) is 0 Å². The number of isocyanates is 1. The highest BCUT2D eigenvalue weighted by atomic mass is 19.2. The summed E-state index contributed by atoms with van der Waals surface area (Å²) in [6.45, 7) is 0. The molecule has 0 amide bonds. The summed E-state index contributed by atoms with van der Waals surface area (Å²) in [4.78, 5) is 12.8. The molecule has 0 N–H and O–H groups in total. The molecule has 2 nitrogen and oxygen atoms in total. The second-order valence-corrected chi connectivity index (χ2v) is 2.21. The maximum Gasteiger partial charge on any atom is 0.239 e. The number of aliphatic imine (C=N–C) groups is 1. The molecule has 0 bridgehead atoms. The number of benzene rings is 1. The van der Waals surface area contributed by atoms with E-state index in [0.29, 0.717) is 5.56 Å². The first-order chi connectivity index (χ1) is 6.24. The average molecular weight is 181 g/mol. The molecule has 1 aromatic carbocycles. The van der Waals surface area contributed by atoms with Gasteiger partial charge in [0.1, 0.15) is 0 Å². The van der Waals surface area contributed by atoms with E-state index in [1.165, 1.54) is 18.2 Å². The maximum absolute atomic E-state index is 12.6. The van der Waals surface area contributed by atoms with Crippen molar-refractivity contribution in [3.63, 3.8) is 0 Å². The smallest absolute Gasteiger partial charge is 0.211 e. The summed E-state index contributed by atoms with van der Waals surface area (Å²) in [5.41, 5.74) is 0.429. The van der Waals surface area contributed by atoms with Crippen molar-refractivity contribution in [2.45, 2.75) is 0 Å². The minimum atomic E-state index is -0.933. The number of carbonyl (C=O) groups excluding carboxylic acids is 1. The highest BCUT2D eigenvalue weighted by molar-refractivity contribution is 5.50. The van der Waals surface area contributed by atoms with Crippen LogP contribution < -0.4 is 0 Å². The van der Waals surface area contributed by atoms with Gasteiger partial charge in [-0.25, -0.2) is 13.6 Å². The van der Waals surface area contributed by atoms with E-state index in [1.807, 2.05) is 0 Å². The van der Waals surface area contributed by atoms with Crippen LogP contribution >= 0.6 is 0 Å². The number of halogens is 2. The Balaban J connectivity index is 2.91. The van der Waals surface area contributed by atoms with Gasteiger partial charge >= 0.3 is 0 Å². The quantitative estimate of drug-likeness (QED) is 0.508. The molecule has 0 saturated heterocycles. The van der Waals surface area contributed by atoms with Crippen molar-refractivity contribution in [2.24, 2.45) is 4.99 Å². The molecule has 0 fully saturated rings. The molecular weight excluding hydrogens is 176 g/mol. The minimum absolute atomic E-state index is 0.429. The van der Waals surface area contributed by atoms with Gasteiger partial charge in [-0.15, -0.1) is 0 Å². The van der Waals surface area contributed by atoms with Gasteiger partial charge in [-0.1, -0.05) is 6.07 Å². The molecule has 0 saturated carbocycles. The van der Waals surface area contributed by atoms with E-state index in [4.69, 9.17) is 0 Å². The van der Waals surface area contributed by atoms with Gasteiger partial charge < -0.3 is 0 Å². The molecule has 0 aliphatic carbocycles. The number of nitrogens with zero attached hydrogens (tertiary/aromatic N) is 1. The molecule has 0 atom stereocenters. The summed E-state index contributed by atoms with van der Waals surface area (Å²) >= 11 is 0. The fourth-order valence-corrected chi connectivity index (χ4v) is 0.770. The third-order valence-corrected chi connectivity index (χ3v) is 1.34. The van der Waals surface area contributed by atoms with Crippen LogP contribution in [0.15, 0.2) is 29.4 Å². The summed E-state index contributed by atoms with van der Waals surface area (Å²) in [7, 11) is 0. The van der Waals surface area contributed by atoms with E-state index >= 15 is 0 Å². The van der Waals surface area contributed by atoms with Gasteiger partial charge in [0.05, 0.1) is 0 Å². The standard InChI is InChI=1S/C9H5F2NO/c10-8-2-1-7(5-9(8)11)3-4-12-6-13/h1-5H/b4-3+. The van der Waals surface area contributed by atoms with Crippen LogP contribution in [0.25, 0.3) is 6.08 Å². The van der Waals surface area contributed by atoms with Gasteiger partial charge in [0.2, 0.25) is 6.08 Å². The van der Waals surface area contributed by atoms with Crippen molar-refractivity contribution in [1.82, 2.24) is 0 Å². The van der Waals surface area contributed by atoms with Crippen LogP contribution in [0, 0.1) is 11.6 Å². The van der Waals surface area contributed by atoms with Crippen LogP contribution in [-0.2, 0) is 4.79 Å². The van der Waals surface area contributed by atoms with Gasteiger partial charge in [0.25, 0.3) is 0 Å². The Kier molecular flexibility index (Phi) is 3.06. The van der Waals surface area contributed by atoms with Gasteiger partial charge in [-0.3, -0.25) is 0 Å². The van der Waals surface area contributed by atoms with Crippen LogP contribution in [-0.4, -0.2) is 6.08 Å². The Hall–Kier alpha value is -1.80. The normalized spacial score (nSPS) is 10.0. The minimum Gasteiger partial charge on any atom is -0.211 e. The fraction of sp³-hybridized carbons (Fsp3) is 0. The lowest BCUT2D eigenvalue weighted by Crippen LogP contribution is -1.83. The molecular formula is C9H5F2NO. The van der Waals surface area contributed by atoms with E-state index in [9.17, 15) is 13.6 Å². The highest BCUT2D eigenvalue weighted by Crippen LogP contribution is 2.09. The van der Waals surface area contributed by atoms with E-state index in [-0.39, 0.29) is 0 Å². The van der Waals surface area contributed by atoms with Crippen molar-refractivity contribution in [3.05, 3.63) is 41.6 Å². The van der Waals surface area contributed by atoms with Crippen LogP contribution in [0.4, 0.5) is 8.78 Å². The molecule has 66 valence electrons. The largest absolute Gasteiger partial charge is 0.239 e. The Morgan fingerprint density at radius 2 is 2.08 bits per heavy atom. The zero-order valence-electron chi connectivity index (χ0n) is 6.50. The zero-order chi connectivity index (χ0) is 9.68. The predicted molar refractivity (Wildman–Crippen MR) is 43.5 cm³/mol. The summed E-state index contributed by atoms with van der Waals surface area (Å²) in [6.07, 6.45) is 3.81. The second-order valence-electron chi connectivity index (χ2n) is 2.21. The van der Waals surface area contributed by atoms with E-state index in [0.717, 1.165) is 18.3 Å². The lowest BCUT2D eigenvalue weighted by atomic mass is 10.2. The van der Waals surface area contributed by atoms with E-state index in [2.05, 4.69) is 4.99 Å². The first-order valence-electron chi connectivity index (χ1n) is 3.42. The summed E-state index contributed by atoms with van der Waals surface area (Å²) in [6, 6.07) is 3.38. The first-order valence-corrected chi connectivity index (χ1v) is 3.42. The molecule has 13 heavy (non-hydrogen) atoms. The van der Waals surface area contributed by atoms with Gasteiger partial charge in [0.15, 0.2) is 11.6 Å². The maximum atomic E-state index is 12.6. The molecule has 0 aliphatic heterocycles. The van der Waals surface area contributed by atoms with Gasteiger partial charge in [-0.05, 0) is 23.8 Å². The van der Waals surface area contributed by atoms with Gasteiger partial charge in [-0.2, -0.15) is 4.99 Å². The first kappa shape index (κ1) is 9.29. The van der Waals surface area contributed by atoms with E-state index < -0.39 is 11.6 Å². The molecule has 1 rings (SSSR count). The molecule has 0 radical (unpaired) electrons. The Bertz CT molecular complexity index is 381. The van der Waals surface area contributed by atoms with Crippen LogP contribution in [0.5, 0.6) is 0 Å². The fourth-order valence-electron chi connectivity index (χ4n) is 0.770. The number of hydrogen-bond donors (Lipinski definition) is 0.